The van der Waals surface area contributed by atoms with Crippen molar-refractivity contribution < 1.29 is 4.92 Å². The topological polar surface area (TPSA) is 93.0 Å². The van der Waals surface area contributed by atoms with Gasteiger partial charge in [0.2, 0.25) is 11.6 Å². The standard InChI is InChI=1S/C18H16ClN5O2/c1-2-12-7-3-5-9-14(12)22-17-16(24(25)26)18(21-11-20-17)23-15-10-6-4-8-13(15)19/h3-11H,2H2,1H3,(H2,20,21,22,23). The second kappa shape index (κ2) is 7.79. The molecule has 132 valence electrons. The van der Waals surface area contributed by atoms with Crippen LogP contribution in [0.1, 0.15) is 12.5 Å². The van der Waals surface area contributed by atoms with Crippen molar-refractivity contribution in [3.05, 3.63) is 75.6 Å². The van der Waals surface area contributed by atoms with Gasteiger partial charge in [-0.05, 0) is 30.2 Å². The van der Waals surface area contributed by atoms with Crippen molar-refractivity contribution in [1.29, 1.82) is 0 Å². The molecule has 2 N–H and O–H groups in total. The van der Waals surface area contributed by atoms with Gasteiger partial charge in [-0.1, -0.05) is 48.9 Å². The molecule has 0 unspecified atom stereocenters. The van der Waals surface area contributed by atoms with Crippen LogP contribution >= 0.6 is 11.6 Å². The maximum absolute atomic E-state index is 11.7. The number of anilines is 4. The van der Waals surface area contributed by atoms with E-state index in [2.05, 4.69) is 20.6 Å². The molecule has 8 heteroatoms. The van der Waals surface area contributed by atoms with Gasteiger partial charge in [0, 0.05) is 5.69 Å². The highest BCUT2D eigenvalue weighted by atomic mass is 35.5. The van der Waals surface area contributed by atoms with Gasteiger partial charge in [0.1, 0.15) is 6.33 Å². The zero-order chi connectivity index (χ0) is 18.5. The molecule has 1 heterocycles. The summed E-state index contributed by atoms with van der Waals surface area (Å²) >= 11 is 6.12. The number of nitrogens with zero attached hydrogens (tertiary/aromatic N) is 3. The van der Waals surface area contributed by atoms with E-state index >= 15 is 0 Å². The molecule has 7 nitrogen and oxygen atoms in total. The van der Waals surface area contributed by atoms with Gasteiger partial charge in [-0.25, -0.2) is 9.97 Å². The van der Waals surface area contributed by atoms with Crippen molar-refractivity contribution in [3.8, 4) is 0 Å². The predicted octanol–water partition coefficient (Wildman–Crippen LogP) is 5.09. The molecule has 26 heavy (non-hydrogen) atoms. The fraction of sp³-hybridized carbons (Fsp3) is 0.111. The molecular formula is C18H16ClN5O2. The molecule has 0 fully saturated rings. The second-order valence-corrected chi connectivity index (χ2v) is 5.82. The number of aryl methyl sites for hydroxylation is 1. The van der Waals surface area contributed by atoms with E-state index in [1.54, 1.807) is 24.3 Å². The van der Waals surface area contributed by atoms with Crippen molar-refractivity contribution in [2.75, 3.05) is 10.6 Å². The summed E-state index contributed by atoms with van der Waals surface area (Å²) in [5, 5.41) is 18.1. The normalized spacial score (nSPS) is 10.4. The zero-order valence-corrected chi connectivity index (χ0v) is 14.7. The summed E-state index contributed by atoms with van der Waals surface area (Å²) in [6.07, 6.45) is 2.05. The lowest BCUT2D eigenvalue weighted by atomic mass is 10.1. The van der Waals surface area contributed by atoms with Crippen LogP contribution in [-0.4, -0.2) is 14.9 Å². The van der Waals surface area contributed by atoms with Crippen LogP contribution in [0.25, 0.3) is 0 Å². The van der Waals surface area contributed by atoms with Crippen LogP contribution in [0, 0.1) is 10.1 Å². The summed E-state index contributed by atoms with van der Waals surface area (Å²) in [7, 11) is 0. The zero-order valence-electron chi connectivity index (χ0n) is 13.9. The van der Waals surface area contributed by atoms with Crippen molar-refractivity contribution in [2.45, 2.75) is 13.3 Å². The number of aromatic nitrogens is 2. The van der Waals surface area contributed by atoms with E-state index in [0.717, 1.165) is 17.7 Å². The molecular weight excluding hydrogens is 354 g/mol. The van der Waals surface area contributed by atoms with E-state index in [4.69, 9.17) is 11.6 Å². The molecule has 0 bridgehead atoms. The number of hydrogen-bond acceptors (Lipinski definition) is 6. The van der Waals surface area contributed by atoms with Crippen molar-refractivity contribution >= 4 is 40.3 Å². The minimum Gasteiger partial charge on any atom is -0.334 e. The Balaban J connectivity index is 2.01. The first-order valence-electron chi connectivity index (χ1n) is 7.96. The molecule has 0 aliphatic rings. The highest BCUT2D eigenvalue weighted by molar-refractivity contribution is 6.33. The highest BCUT2D eigenvalue weighted by Crippen LogP contribution is 2.35. The number of nitrogens with one attached hydrogen (secondary N) is 2. The van der Waals surface area contributed by atoms with Crippen molar-refractivity contribution in [3.63, 3.8) is 0 Å². The van der Waals surface area contributed by atoms with Gasteiger partial charge in [0.15, 0.2) is 0 Å². The quantitative estimate of drug-likeness (QED) is 0.464. The number of nitro groups is 1. The van der Waals surface area contributed by atoms with E-state index < -0.39 is 4.92 Å². The monoisotopic (exact) mass is 369 g/mol. The largest absolute Gasteiger partial charge is 0.353 e. The van der Waals surface area contributed by atoms with Crippen LogP contribution in [0.3, 0.4) is 0 Å². The summed E-state index contributed by atoms with van der Waals surface area (Å²) < 4.78 is 0. The Labute approximate surface area is 155 Å². The van der Waals surface area contributed by atoms with Crippen LogP contribution in [0.2, 0.25) is 5.02 Å². The van der Waals surface area contributed by atoms with Gasteiger partial charge >= 0.3 is 5.69 Å². The number of rotatable bonds is 6. The van der Waals surface area contributed by atoms with E-state index in [1.807, 2.05) is 31.2 Å². The Morgan fingerprint density at radius 1 is 1.00 bits per heavy atom. The Morgan fingerprint density at radius 3 is 2.19 bits per heavy atom. The van der Waals surface area contributed by atoms with Crippen LogP contribution in [0.5, 0.6) is 0 Å². The summed E-state index contributed by atoms with van der Waals surface area (Å²) in [5.74, 6) is 0.176. The molecule has 0 saturated carbocycles. The lowest BCUT2D eigenvalue weighted by molar-refractivity contribution is -0.383. The van der Waals surface area contributed by atoms with Crippen molar-refractivity contribution in [1.82, 2.24) is 9.97 Å². The van der Waals surface area contributed by atoms with E-state index in [1.165, 1.54) is 6.33 Å². The summed E-state index contributed by atoms with van der Waals surface area (Å²) in [4.78, 5) is 19.2. The molecule has 1 aromatic heterocycles. The number of halogens is 1. The number of benzene rings is 2. The average molecular weight is 370 g/mol. The molecule has 0 atom stereocenters. The molecule has 3 aromatic rings. The van der Waals surface area contributed by atoms with Crippen molar-refractivity contribution in [2.24, 2.45) is 0 Å². The van der Waals surface area contributed by atoms with E-state index in [-0.39, 0.29) is 17.3 Å². The third kappa shape index (κ3) is 3.73. The maximum atomic E-state index is 11.7. The number of para-hydroxylation sites is 2. The molecule has 3 rings (SSSR count). The fourth-order valence-corrected chi connectivity index (χ4v) is 2.69. The molecule has 0 spiro atoms. The molecule has 2 aromatic carbocycles. The van der Waals surface area contributed by atoms with Crippen LogP contribution < -0.4 is 10.6 Å². The lowest BCUT2D eigenvalue weighted by Crippen LogP contribution is -2.06. The minimum atomic E-state index is -0.518. The minimum absolute atomic E-state index is 0.0644. The maximum Gasteiger partial charge on any atom is 0.353 e. The second-order valence-electron chi connectivity index (χ2n) is 5.42. The van der Waals surface area contributed by atoms with Gasteiger partial charge in [-0.2, -0.15) is 0 Å². The average Bonchev–Trinajstić information content (AvgIpc) is 2.64. The summed E-state index contributed by atoms with van der Waals surface area (Å²) in [6.45, 7) is 2.01. The summed E-state index contributed by atoms with van der Waals surface area (Å²) in [5.41, 5.74) is 2.07. The third-order valence-electron chi connectivity index (χ3n) is 3.78. The van der Waals surface area contributed by atoms with Gasteiger partial charge in [-0.3, -0.25) is 10.1 Å². The summed E-state index contributed by atoms with van der Waals surface area (Å²) in [6, 6.07) is 14.5. The highest BCUT2D eigenvalue weighted by Gasteiger charge is 2.24. The van der Waals surface area contributed by atoms with Crippen LogP contribution in [-0.2, 0) is 6.42 Å². The van der Waals surface area contributed by atoms with Gasteiger partial charge < -0.3 is 10.6 Å². The fourth-order valence-electron chi connectivity index (χ4n) is 2.50. The molecule has 0 aliphatic heterocycles. The Kier molecular flexibility index (Phi) is 5.28. The van der Waals surface area contributed by atoms with Gasteiger partial charge in [0.25, 0.3) is 0 Å². The smallest absolute Gasteiger partial charge is 0.334 e. The predicted molar refractivity (Wildman–Crippen MR) is 103 cm³/mol. The molecule has 0 aliphatic carbocycles. The van der Waals surface area contributed by atoms with Gasteiger partial charge in [0.05, 0.1) is 15.6 Å². The lowest BCUT2D eigenvalue weighted by Gasteiger charge is -2.12. The molecule has 0 radical (unpaired) electrons. The first-order chi connectivity index (χ1) is 12.6. The number of hydrogen-bond donors (Lipinski definition) is 2. The van der Waals surface area contributed by atoms with E-state index in [0.29, 0.717) is 10.7 Å². The van der Waals surface area contributed by atoms with Crippen LogP contribution in [0.15, 0.2) is 54.9 Å². The van der Waals surface area contributed by atoms with Gasteiger partial charge in [-0.15, -0.1) is 0 Å². The first kappa shape index (κ1) is 17.6. The molecule has 0 amide bonds. The molecule has 0 saturated heterocycles. The Morgan fingerprint density at radius 2 is 1.58 bits per heavy atom. The Bertz CT molecular complexity index is 948. The third-order valence-corrected chi connectivity index (χ3v) is 4.11. The first-order valence-corrected chi connectivity index (χ1v) is 8.33. The SMILES string of the molecule is CCc1ccccc1Nc1ncnc(Nc2ccccc2Cl)c1[N+](=O)[O-]. The van der Waals surface area contributed by atoms with Crippen LogP contribution in [0.4, 0.5) is 28.7 Å². The van der Waals surface area contributed by atoms with E-state index in [9.17, 15) is 10.1 Å². The Hall–Kier alpha value is -3.19.